The van der Waals surface area contributed by atoms with Gasteiger partial charge in [-0.2, -0.15) is 0 Å². The normalized spacial score (nSPS) is 12.7. The molecule has 2 aromatic heterocycles. The number of aryl methyl sites for hydroxylation is 1. The van der Waals surface area contributed by atoms with Crippen LogP contribution in [0, 0.1) is 0 Å². The predicted octanol–water partition coefficient (Wildman–Crippen LogP) is 2.21. The SMILES string of the molecule is COCCOCCCNC(c1cccs1)c1nccn1C. The maximum Gasteiger partial charge on any atom is 0.131 e. The zero-order valence-electron chi connectivity index (χ0n) is 12.6. The summed E-state index contributed by atoms with van der Waals surface area (Å²) in [5.74, 6) is 1.04. The molecule has 5 nitrogen and oxygen atoms in total. The Morgan fingerprint density at radius 3 is 2.95 bits per heavy atom. The van der Waals surface area contributed by atoms with E-state index in [0.29, 0.717) is 13.2 Å². The van der Waals surface area contributed by atoms with Crippen LogP contribution < -0.4 is 5.32 Å². The van der Waals surface area contributed by atoms with Gasteiger partial charge in [0.05, 0.1) is 13.2 Å². The van der Waals surface area contributed by atoms with E-state index in [4.69, 9.17) is 9.47 Å². The van der Waals surface area contributed by atoms with Crippen molar-refractivity contribution in [2.45, 2.75) is 12.5 Å². The number of imidazole rings is 1. The minimum absolute atomic E-state index is 0.143. The van der Waals surface area contributed by atoms with Gasteiger partial charge in [0.2, 0.25) is 0 Å². The van der Waals surface area contributed by atoms with Gasteiger partial charge in [-0.3, -0.25) is 0 Å². The third kappa shape index (κ3) is 4.93. The molecule has 0 fully saturated rings. The Morgan fingerprint density at radius 1 is 1.38 bits per heavy atom. The second-order valence-corrected chi connectivity index (χ2v) is 5.74. The summed E-state index contributed by atoms with van der Waals surface area (Å²) in [6.45, 7) is 2.94. The highest BCUT2D eigenvalue weighted by molar-refractivity contribution is 7.10. The third-order valence-electron chi connectivity index (χ3n) is 3.19. The monoisotopic (exact) mass is 309 g/mol. The molecule has 116 valence electrons. The molecule has 1 atom stereocenters. The Kier molecular flexibility index (Phi) is 6.88. The van der Waals surface area contributed by atoms with Crippen molar-refractivity contribution < 1.29 is 9.47 Å². The summed E-state index contributed by atoms with van der Waals surface area (Å²) in [6, 6.07) is 4.36. The van der Waals surface area contributed by atoms with Crippen molar-refractivity contribution in [3.05, 3.63) is 40.6 Å². The Bertz CT molecular complexity index is 499. The summed E-state index contributed by atoms with van der Waals surface area (Å²) in [5, 5.41) is 5.67. The molecular weight excluding hydrogens is 286 g/mol. The molecule has 1 N–H and O–H groups in total. The van der Waals surface area contributed by atoms with Crippen LogP contribution in [0.5, 0.6) is 0 Å². The van der Waals surface area contributed by atoms with E-state index in [2.05, 4.69) is 32.4 Å². The first-order chi connectivity index (χ1) is 10.3. The fourth-order valence-electron chi connectivity index (χ4n) is 2.09. The van der Waals surface area contributed by atoms with Gasteiger partial charge in [0.25, 0.3) is 0 Å². The number of nitrogens with one attached hydrogen (secondary N) is 1. The quantitative estimate of drug-likeness (QED) is 0.684. The van der Waals surface area contributed by atoms with Gasteiger partial charge >= 0.3 is 0 Å². The van der Waals surface area contributed by atoms with Crippen LogP contribution >= 0.6 is 11.3 Å². The lowest BCUT2D eigenvalue weighted by Crippen LogP contribution is -2.26. The number of nitrogens with zero attached hydrogens (tertiary/aromatic N) is 2. The van der Waals surface area contributed by atoms with E-state index in [0.717, 1.165) is 25.4 Å². The van der Waals surface area contributed by atoms with E-state index in [-0.39, 0.29) is 6.04 Å². The lowest BCUT2D eigenvalue weighted by atomic mass is 10.2. The van der Waals surface area contributed by atoms with Crippen molar-refractivity contribution in [1.29, 1.82) is 0 Å². The topological polar surface area (TPSA) is 48.3 Å². The van der Waals surface area contributed by atoms with Crippen LogP contribution in [0.25, 0.3) is 0 Å². The fraction of sp³-hybridized carbons (Fsp3) is 0.533. The average Bonchev–Trinajstić information content (AvgIpc) is 3.14. The highest BCUT2D eigenvalue weighted by atomic mass is 32.1. The minimum atomic E-state index is 0.143. The van der Waals surface area contributed by atoms with Gasteiger partial charge < -0.3 is 19.4 Å². The number of methoxy groups -OCH3 is 1. The van der Waals surface area contributed by atoms with Crippen molar-refractivity contribution in [3.63, 3.8) is 0 Å². The van der Waals surface area contributed by atoms with Crippen LogP contribution in [0.3, 0.4) is 0 Å². The third-order valence-corrected chi connectivity index (χ3v) is 4.13. The summed E-state index contributed by atoms with van der Waals surface area (Å²) in [5.41, 5.74) is 0. The van der Waals surface area contributed by atoms with Crippen LogP contribution in [0.15, 0.2) is 29.9 Å². The first-order valence-electron chi connectivity index (χ1n) is 7.13. The van der Waals surface area contributed by atoms with Gasteiger partial charge in [0, 0.05) is 38.0 Å². The van der Waals surface area contributed by atoms with Gasteiger partial charge in [-0.05, 0) is 24.4 Å². The van der Waals surface area contributed by atoms with Crippen LogP contribution in [0.1, 0.15) is 23.2 Å². The first-order valence-corrected chi connectivity index (χ1v) is 8.01. The smallest absolute Gasteiger partial charge is 0.131 e. The number of hydrogen-bond donors (Lipinski definition) is 1. The average molecular weight is 309 g/mol. The van der Waals surface area contributed by atoms with Crippen molar-refractivity contribution >= 4 is 11.3 Å². The Labute approximate surface area is 129 Å². The van der Waals surface area contributed by atoms with E-state index in [9.17, 15) is 0 Å². The zero-order valence-corrected chi connectivity index (χ0v) is 13.4. The lowest BCUT2D eigenvalue weighted by molar-refractivity contribution is 0.0693. The van der Waals surface area contributed by atoms with Gasteiger partial charge in [-0.1, -0.05) is 6.07 Å². The van der Waals surface area contributed by atoms with E-state index in [1.807, 2.05) is 19.4 Å². The Hall–Kier alpha value is -1.21. The molecule has 0 aliphatic carbocycles. The lowest BCUT2D eigenvalue weighted by Gasteiger charge is -2.17. The van der Waals surface area contributed by atoms with Gasteiger partial charge in [0.1, 0.15) is 11.9 Å². The highest BCUT2D eigenvalue weighted by Gasteiger charge is 2.18. The molecular formula is C15H23N3O2S. The van der Waals surface area contributed by atoms with Crippen molar-refractivity contribution in [3.8, 4) is 0 Å². The number of ether oxygens (including phenoxy) is 2. The maximum absolute atomic E-state index is 5.48. The highest BCUT2D eigenvalue weighted by Crippen LogP contribution is 2.24. The van der Waals surface area contributed by atoms with Crippen LogP contribution in [-0.4, -0.2) is 43.0 Å². The predicted molar refractivity (Wildman–Crippen MR) is 84.7 cm³/mol. The van der Waals surface area contributed by atoms with Gasteiger partial charge in [-0.25, -0.2) is 4.98 Å². The summed E-state index contributed by atoms with van der Waals surface area (Å²) in [6.07, 6.45) is 4.78. The van der Waals surface area contributed by atoms with Gasteiger partial charge in [0.15, 0.2) is 0 Å². The molecule has 0 aliphatic rings. The zero-order chi connectivity index (χ0) is 14.9. The Balaban J connectivity index is 1.83. The molecule has 2 heterocycles. The minimum Gasteiger partial charge on any atom is -0.382 e. The largest absolute Gasteiger partial charge is 0.382 e. The van der Waals surface area contributed by atoms with Gasteiger partial charge in [-0.15, -0.1) is 11.3 Å². The molecule has 2 rings (SSSR count). The second-order valence-electron chi connectivity index (χ2n) is 4.76. The second kappa shape index (κ2) is 8.94. The van der Waals surface area contributed by atoms with E-state index in [1.165, 1.54) is 4.88 Å². The number of rotatable bonds is 10. The maximum atomic E-state index is 5.48. The molecule has 0 aromatic carbocycles. The summed E-state index contributed by atoms with van der Waals surface area (Å²) < 4.78 is 12.5. The van der Waals surface area contributed by atoms with E-state index in [1.54, 1.807) is 18.4 Å². The molecule has 0 aliphatic heterocycles. The molecule has 0 spiro atoms. The van der Waals surface area contributed by atoms with Crippen LogP contribution in [0.4, 0.5) is 0 Å². The van der Waals surface area contributed by atoms with E-state index < -0.39 is 0 Å². The number of thiophene rings is 1. The number of hydrogen-bond acceptors (Lipinski definition) is 5. The standard InChI is InChI=1S/C15H23N3O2S/c1-18-8-7-17-15(18)14(13-5-3-12-21-13)16-6-4-9-20-11-10-19-2/h3,5,7-8,12,14,16H,4,6,9-11H2,1-2H3. The van der Waals surface area contributed by atoms with Crippen LogP contribution in [-0.2, 0) is 16.5 Å². The molecule has 0 amide bonds. The van der Waals surface area contributed by atoms with Crippen molar-refractivity contribution in [2.75, 3.05) is 33.5 Å². The molecule has 2 aromatic rings. The molecule has 0 bridgehead atoms. The van der Waals surface area contributed by atoms with Crippen molar-refractivity contribution in [2.24, 2.45) is 7.05 Å². The molecule has 0 radical (unpaired) electrons. The molecule has 0 saturated heterocycles. The molecule has 1 unspecified atom stereocenters. The summed E-state index contributed by atoms with van der Waals surface area (Å²) in [4.78, 5) is 5.75. The fourth-order valence-corrected chi connectivity index (χ4v) is 2.89. The van der Waals surface area contributed by atoms with Crippen molar-refractivity contribution in [1.82, 2.24) is 14.9 Å². The Morgan fingerprint density at radius 2 is 2.29 bits per heavy atom. The number of aromatic nitrogens is 2. The van der Waals surface area contributed by atoms with Crippen LogP contribution in [0.2, 0.25) is 0 Å². The summed E-state index contributed by atoms with van der Waals surface area (Å²) in [7, 11) is 3.71. The molecule has 0 saturated carbocycles. The molecule has 6 heteroatoms. The first kappa shape index (κ1) is 16.2. The van der Waals surface area contributed by atoms with E-state index >= 15 is 0 Å². The molecule has 21 heavy (non-hydrogen) atoms. The summed E-state index contributed by atoms with van der Waals surface area (Å²) >= 11 is 1.75.